The maximum atomic E-state index is 12.3. The van der Waals surface area contributed by atoms with Gasteiger partial charge in [-0.3, -0.25) is 9.69 Å². The third kappa shape index (κ3) is 1.71. The van der Waals surface area contributed by atoms with E-state index in [2.05, 4.69) is 4.90 Å². The molecular weight excluding hydrogens is 266 g/mol. The number of aliphatic carboxylic acids is 1. The molecule has 0 aromatic rings. The van der Waals surface area contributed by atoms with Crippen LogP contribution in [0.15, 0.2) is 0 Å². The second kappa shape index (κ2) is 4.31. The Bertz CT molecular complexity index is 449. The van der Waals surface area contributed by atoms with Crippen molar-refractivity contribution in [2.24, 2.45) is 17.8 Å². The number of ketones is 1. The lowest BCUT2D eigenvalue weighted by Crippen LogP contribution is -2.68. The van der Waals surface area contributed by atoms with E-state index in [0.29, 0.717) is 6.42 Å². The molecule has 1 heterocycles. The van der Waals surface area contributed by atoms with Crippen LogP contribution < -0.4 is 0 Å². The van der Waals surface area contributed by atoms with E-state index < -0.39 is 11.5 Å². The Morgan fingerprint density at radius 1 is 1.05 bits per heavy atom. The Kier molecular flexibility index (Phi) is 2.82. The number of likely N-dealkylation sites (tertiary alicyclic amines) is 1. The molecule has 4 bridgehead atoms. The van der Waals surface area contributed by atoms with Gasteiger partial charge in [0.1, 0.15) is 0 Å². The first-order chi connectivity index (χ1) is 9.96. The summed E-state index contributed by atoms with van der Waals surface area (Å²) < 4.78 is 0. The second-order valence-electron chi connectivity index (χ2n) is 8.12. The molecule has 1 N–H and O–H groups in total. The van der Waals surface area contributed by atoms with Gasteiger partial charge in [0.25, 0.3) is 0 Å². The molecule has 0 aromatic heterocycles. The molecular formula is C17H25NO3. The van der Waals surface area contributed by atoms with Crippen molar-refractivity contribution in [3.63, 3.8) is 0 Å². The zero-order valence-corrected chi connectivity index (χ0v) is 12.8. The average Bonchev–Trinajstić information content (AvgIpc) is 2.83. The molecule has 21 heavy (non-hydrogen) atoms. The number of hydrogen-bond donors (Lipinski definition) is 1. The van der Waals surface area contributed by atoms with Gasteiger partial charge in [0.05, 0.1) is 0 Å². The van der Waals surface area contributed by atoms with E-state index in [1.165, 1.54) is 26.2 Å². The number of rotatable bonds is 3. The normalized spacial score (nSPS) is 48.7. The van der Waals surface area contributed by atoms with Gasteiger partial charge in [0.15, 0.2) is 11.3 Å². The molecule has 1 saturated heterocycles. The van der Waals surface area contributed by atoms with Crippen molar-refractivity contribution in [3.8, 4) is 0 Å². The van der Waals surface area contributed by atoms with E-state index in [1.807, 2.05) is 0 Å². The van der Waals surface area contributed by atoms with Crippen LogP contribution in [0, 0.1) is 17.8 Å². The Morgan fingerprint density at radius 2 is 1.57 bits per heavy atom. The molecule has 1 aliphatic heterocycles. The summed E-state index contributed by atoms with van der Waals surface area (Å²) in [4.78, 5) is 26.5. The van der Waals surface area contributed by atoms with Gasteiger partial charge in [-0.2, -0.15) is 0 Å². The fraction of sp³-hybridized carbons (Fsp3) is 0.882. The van der Waals surface area contributed by atoms with Gasteiger partial charge >= 0.3 is 5.97 Å². The highest BCUT2D eigenvalue weighted by atomic mass is 16.4. The van der Waals surface area contributed by atoms with Crippen molar-refractivity contribution in [2.75, 3.05) is 6.54 Å². The van der Waals surface area contributed by atoms with Crippen LogP contribution in [0.2, 0.25) is 0 Å². The minimum absolute atomic E-state index is 0.00924. The van der Waals surface area contributed by atoms with Crippen LogP contribution in [-0.2, 0) is 9.59 Å². The van der Waals surface area contributed by atoms with E-state index in [-0.39, 0.29) is 11.3 Å². The van der Waals surface area contributed by atoms with E-state index in [9.17, 15) is 14.7 Å². The molecule has 5 rings (SSSR count). The van der Waals surface area contributed by atoms with Crippen LogP contribution in [0.3, 0.4) is 0 Å². The lowest BCUT2D eigenvalue weighted by Gasteiger charge is -2.62. The first kappa shape index (κ1) is 13.7. The molecule has 1 atom stereocenters. The summed E-state index contributed by atoms with van der Waals surface area (Å²) in [6.45, 7) is 2.27. The predicted octanol–water partition coefficient (Wildman–Crippen LogP) is 2.46. The highest BCUT2D eigenvalue weighted by molar-refractivity contribution is 6.07. The number of Topliss-reactive ketones (excluding diaryl/α,β-unsaturated/α-hetero) is 1. The minimum Gasteiger partial charge on any atom is -0.480 e. The van der Waals surface area contributed by atoms with Crippen LogP contribution in [0.4, 0.5) is 0 Å². The average molecular weight is 291 g/mol. The SMILES string of the molecule is CC(=O)C1(C(=O)O)CCCN1C12CC3CC(CC(C3)C1)C2. The zero-order valence-electron chi connectivity index (χ0n) is 12.8. The molecule has 1 unspecified atom stereocenters. The van der Waals surface area contributed by atoms with E-state index in [4.69, 9.17) is 0 Å². The molecule has 5 fully saturated rings. The summed E-state index contributed by atoms with van der Waals surface area (Å²) >= 11 is 0. The zero-order chi connectivity index (χ0) is 14.8. The summed E-state index contributed by atoms with van der Waals surface area (Å²) in [6, 6.07) is 0. The van der Waals surface area contributed by atoms with Crippen molar-refractivity contribution < 1.29 is 14.7 Å². The van der Waals surface area contributed by atoms with Crippen LogP contribution in [0.25, 0.3) is 0 Å². The summed E-state index contributed by atoms with van der Waals surface area (Å²) in [5.41, 5.74) is -1.22. The van der Waals surface area contributed by atoms with Gasteiger partial charge in [-0.25, -0.2) is 4.79 Å². The minimum atomic E-state index is -1.23. The number of carboxylic acids is 1. The number of carboxylic acid groups (broad SMARTS) is 1. The smallest absolute Gasteiger partial charge is 0.331 e. The van der Waals surface area contributed by atoms with Crippen LogP contribution >= 0.6 is 0 Å². The summed E-state index contributed by atoms with van der Waals surface area (Å²) in [5.74, 6) is 1.24. The monoisotopic (exact) mass is 291 g/mol. The molecule has 4 heteroatoms. The maximum Gasteiger partial charge on any atom is 0.331 e. The van der Waals surface area contributed by atoms with Gasteiger partial charge in [-0.15, -0.1) is 0 Å². The van der Waals surface area contributed by atoms with Crippen molar-refractivity contribution in [3.05, 3.63) is 0 Å². The standard InChI is InChI=1S/C17H25NO3/c1-11(19)17(15(20)21)3-2-4-18(17)16-8-12-5-13(9-16)7-14(6-12)10-16/h12-14H,2-10H2,1H3,(H,20,21). The number of hydrogen-bond acceptors (Lipinski definition) is 3. The van der Waals surface area contributed by atoms with Crippen molar-refractivity contribution in [2.45, 2.75) is 69.4 Å². The molecule has 0 amide bonds. The Labute approximate surface area is 125 Å². The largest absolute Gasteiger partial charge is 0.480 e. The van der Waals surface area contributed by atoms with E-state index in [1.54, 1.807) is 0 Å². The molecule has 5 aliphatic rings. The topological polar surface area (TPSA) is 57.6 Å². The van der Waals surface area contributed by atoms with Crippen LogP contribution in [-0.4, -0.2) is 39.4 Å². The van der Waals surface area contributed by atoms with Crippen molar-refractivity contribution in [1.82, 2.24) is 4.90 Å². The molecule has 4 nitrogen and oxygen atoms in total. The van der Waals surface area contributed by atoms with E-state index >= 15 is 0 Å². The molecule has 116 valence electrons. The highest BCUT2D eigenvalue weighted by Gasteiger charge is 2.62. The third-order valence-corrected chi connectivity index (χ3v) is 6.90. The molecule has 0 aromatic carbocycles. The third-order valence-electron chi connectivity index (χ3n) is 6.90. The lowest BCUT2D eigenvalue weighted by molar-refractivity contribution is -0.170. The second-order valence-corrected chi connectivity index (χ2v) is 8.12. The number of nitrogens with zero attached hydrogens (tertiary/aromatic N) is 1. The first-order valence-electron chi connectivity index (χ1n) is 8.48. The molecule has 4 aliphatic carbocycles. The van der Waals surface area contributed by atoms with Gasteiger partial charge in [0, 0.05) is 12.1 Å². The number of carbonyl (C=O) groups excluding carboxylic acids is 1. The number of carbonyl (C=O) groups is 2. The van der Waals surface area contributed by atoms with E-state index in [0.717, 1.165) is 50.0 Å². The van der Waals surface area contributed by atoms with Crippen LogP contribution in [0.1, 0.15) is 58.3 Å². The van der Waals surface area contributed by atoms with Gasteiger partial charge in [0.2, 0.25) is 0 Å². The molecule has 0 spiro atoms. The maximum absolute atomic E-state index is 12.3. The predicted molar refractivity (Wildman–Crippen MR) is 77.9 cm³/mol. The molecule has 4 saturated carbocycles. The van der Waals surface area contributed by atoms with Gasteiger partial charge < -0.3 is 5.11 Å². The summed E-state index contributed by atoms with van der Waals surface area (Å²) in [6.07, 6.45) is 8.74. The van der Waals surface area contributed by atoms with Crippen molar-refractivity contribution in [1.29, 1.82) is 0 Å². The highest BCUT2D eigenvalue weighted by Crippen LogP contribution is 2.60. The summed E-state index contributed by atoms with van der Waals surface area (Å²) in [7, 11) is 0. The lowest BCUT2D eigenvalue weighted by atomic mass is 9.52. The summed E-state index contributed by atoms with van der Waals surface area (Å²) in [5, 5.41) is 9.84. The first-order valence-corrected chi connectivity index (χ1v) is 8.48. The Balaban J connectivity index is 1.75. The Hall–Kier alpha value is -0.900. The van der Waals surface area contributed by atoms with Crippen LogP contribution in [0.5, 0.6) is 0 Å². The Morgan fingerprint density at radius 3 is 2.00 bits per heavy atom. The van der Waals surface area contributed by atoms with Gasteiger partial charge in [-0.1, -0.05) is 0 Å². The fourth-order valence-corrected chi connectivity index (χ4v) is 6.60. The molecule has 0 radical (unpaired) electrons. The quantitative estimate of drug-likeness (QED) is 0.812. The van der Waals surface area contributed by atoms with Crippen molar-refractivity contribution >= 4 is 11.8 Å². The fourth-order valence-electron chi connectivity index (χ4n) is 6.60. The van der Waals surface area contributed by atoms with Gasteiger partial charge in [-0.05, 0) is 76.0 Å².